The summed E-state index contributed by atoms with van der Waals surface area (Å²) in [6.45, 7) is 0. The highest BCUT2D eigenvalue weighted by Crippen LogP contribution is 2.51. The number of carbonyl (C=O) groups is 1. The van der Waals surface area contributed by atoms with Crippen LogP contribution in [0.15, 0.2) is 97.1 Å². The molecule has 0 N–H and O–H groups in total. The SMILES string of the molecule is COc1ccc2c(c1)N(C)/C(=C1\SC(=Nc3ccc(Br)cc3)N(c3ccccc3)C1=O)S2. The minimum Gasteiger partial charge on any atom is -0.497 e. The Morgan fingerprint density at radius 2 is 1.72 bits per heavy atom. The first kappa shape index (κ1) is 21.2. The first-order valence-corrected chi connectivity index (χ1v) is 12.2. The lowest BCUT2D eigenvalue weighted by Crippen LogP contribution is -2.29. The van der Waals surface area contributed by atoms with Crippen LogP contribution >= 0.6 is 39.5 Å². The highest BCUT2D eigenvalue weighted by molar-refractivity contribution is 9.10. The maximum atomic E-state index is 13.7. The monoisotopic (exact) mass is 523 g/mol. The normalized spacial score (nSPS) is 19.1. The van der Waals surface area contributed by atoms with Crippen molar-refractivity contribution in [2.75, 3.05) is 24.0 Å². The zero-order valence-corrected chi connectivity index (χ0v) is 20.5. The van der Waals surface area contributed by atoms with Crippen LogP contribution in [-0.2, 0) is 4.79 Å². The van der Waals surface area contributed by atoms with E-state index in [1.807, 2.05) is 79.8 Å². The average Bonchev–Trinajstić information content (AvgIpc) is 3.31. The third-order valence-electron chi connectivity index (χ3n) is 5.08. The Labute approximate surface area is 203 Å². The molecule has 1 fully saturated rings. The molecule has 3 aromatic rings. The summed E-state index contributed by atoms with van der Waals surface area (Å²) in [5, 5.41) is 1.53. The van der Waals surface area contributed by atoms with E-state index < -0.39 is 0 Å². The molecule has 0 radical (unpaired) electrons. The van der Waals surface area contributed by atoms with Crippen LogP contribution in [0.25, 0.3) is 0 Å². The Morgan fingerprint density at radius 3 is 2.44 bits per heavy atom. The van der Waals surface area contributed by atoms with E-state index in [0.717, 1.165) is 37.2 Å². The Balaban J connectivity index is 1.59. The molecule has 32 heavy (non-hydrogen) atoms. The number of hydrogen-bond acceptors (Lipinski definition) is 6. The summed E-state index contributed by atoms with van der Waals surface area (Å²) < 4.78 is 6.36. The molecule has 160 valence electrons. The first-order valence-electron chi connectivity index (χ1n) is 9.80. The quantitative estimate of drug-likeness (QED) is 0.360. The highest BCUT2D eigenvalue weighted by atomic mass is 79.9. The largest absolute Gasteiger partial charge is 0.497 e. The summed E-state index contributed by atoms with van der Waals surface area (Å²) in [4.78, 5) is 24.0. The smallest absolute Gasteiger partial charge is 0.274 e. The fraction of sp³-hybridized carbons (Fsp3) is 0.0833. The summed E-state index contributed by atoms with van der Waals surface area (Å²) in [6, 6.07) is 23.3. The summed E-state index contributed by atoms with van der Waals surface area (Å²) in [6.07, 6.45) is 0. The van der Waals surface area contributed by atoms with Crippen molar-refractivity contribution in [3.63, 3.8) is 0 Å². The molecule has 5 rings (SSSR count). The number of fused-ring (bicyclic) bond motifs is 1. The van der Waals surface area contributed by atoms with Gasteiger partial charge >= 0.3 is 0 Å². The van der Waals surface area contributed by atoms with Crippen LogP contribution in [0.3, 0.4) is 0 Å². The molecule has 0 atom stereocenters. The molecule has 2 aliphatic rings. The summed E-state index contributed by atoms with van der Waals surface area (Å²) in [7, 11) is 3.63. The van der Waals surface area contributed by atoms with Gasteiger partial charge in [0.1, 0.15) is 10.7 Å². The minimum absolute atomic E-state index is 0.0776. The van der Waals surface area contributed by atoms with Crippen molar-refractivity contribution in [1.82, 2.24) is 0 Å². The molecule has 0 saturated carbocycles. The number of aliphatic imine (C=N–C) groups is 1. The van der Waals surface area contributed by atoms with Gasteiger partial charge in [0.15, 0.2) is 5.17 Å². The van der Waals surface area contributed by atoms with E-state index in [2.05, 4.69) is 20.8 Å². The predicted octanol–water partition coefficient (Wildman–Crippen LogP) is 6.64. The number of amides is 1. The zero-order chi connectivity index (χ0) is 22.2. The fourth-order valence-electron chi connectivity index (χ4n) is 3.46. The van der Waals surface area contributed by atoms with Crippen LogP contribution in [0.5, 0.6) is 5.75 Å². The van der Waals surface area contributed by atoms with Crippen LogP contribution in [0.2, 0.25) is 0 Å². The molecule has 0 spiro atoms. The average molecular weight is 524 g/mol. The molecular formula is C24H18BrN3O2S2. The van der Waals surface area contributed by atoms with Crippen LogP contribution in [0.4, 0.5) is 17.1 Å². The highest BCUT2D eigenvalue weighted by Gasteiger charge is 2.40. The number of amidine groups is 1. The molecule has 0 aromatic heterocycles. The lowest BCUT2D eigenvalue weighted by molar-refractivity contribution is -0.113. The molecule has 0 unspecified atom stereocenters. The standard InChI is InChI=1S/C24H18BrN3O2S2/c1-27-19-14-18(30-2)12-13-20(19)31-23(27)21-22(29)28(17-6-4-3-5-7-17)24(32-21)26-16-10-8-15(25)9-11-16/h3-14H,1-2H3/b23-21+,26-24?. The number of thioether (sulfide) groups is 2. The molecular weight excluding hydrogens is 506 g/mol. The number of ether oxygens (including phenoxy) is 1. The molecule has 8 heteroatoms. The van der Waals surface area contributed by atoms with Gasteiger partial charge in [0.05, 0.1) is 29.2 Å². The van der Waals surface area contributed by atoms with E-state index in [1.54, 1.807) is 23.8 Å². The Hall–Kier alpha value is -2.68. The second-order valence-corrected chi connectivity index (χ2v) is 10.0. The van der Waals surface area contributed by atoms with E-state index in [0.29, 0.717) is 10.1 Å². The number of benzene rings is 3. The van der Waals surface area contributed by atoms with Gasteiger partial charge in [-0.25, -0.2) is 4.99 Å². The summed E-state index contributed by atoms with van der Waals surface area (Å²) >= 11 is 6.45. The van der Waals surface area contributed by atoms with E-state index in [1.165, 1.54) is 11.8 Å². The number of halogens is 1. The number of rotatable bonds is 3. The Kier molecular flexibility index (Phi) is 5.75. The maximum Gasteiger partial charge on any atom is 0.274 e. The number of methoxy groups -OCH3 is 1. The zero-order valence-electron chi connectivity index (χ0n) is 17.3. The van der Waals surface area contributed by atoms with Crippen LogP contribution < -0.4 is 14.5 Å². The van der Waals surface area contributed by atoms with E-state index in [4.69, 9.17) is 9.73 Å². The van der Waals surface area contributed by atoms with E-state index in [-0.39, 0.29) is 5.91 Å². The lowest BCUT2D eigenvalue weighted by atomic mass is 10.2. The third kappa shape index (κ3) is 3.83. The fourth-order valence-corrected chi connectivity index (χ4v) is 6.05. The molecule has 3 aromatic carbocycles. The van der Waals surface area contributed by atoms with Crippen molar-refractivity contribution >= 4 is 67.6 Å². The van der Waals surface area contributed by atoms with Gasteiger partial charge in [-0.1, -0.05) is 45.9 Å². The second-order valence-electron chi connectivity index (χ2n) is 7.08. The van der Waals surface area contributed by atoms with Gasteiger partial charge in [-0.3, -0.25) is 9.69 Å². The lowest BCUT2D eigenvalue weighted by Gasteiger charge is -2.17. The third-order valence-corrected chi connectivity index (χ3v) is 8.00. The maximum absolute atomic E-state index is 13.7. The van der Waals surface area contributed by atoms with Gasteiger partial charge in [0.2, 0.25) is 0 Å². The Morgan fingerprint density at radius 1 is 0.969 bits per heavy atom. The molecule has 2 aliphatic heterocycles. The number of anilines is 2. The van der Waals surface area contributed by atoms with Gasteiger partial charge in [-0.2, -0.15) is 0 Å². The minimum atomic E-state index is -0.0776. The van der Waals surface area contributed by atoms with Crippen LogP contribution in [0.1, 0.15) is 0 Å². The molecule has 0 bridgehead atoms. The molecule has 5 nitrogen and oxygen atoms in total. The van der Waals surface area contributed by atoms with Gasteiger partial charge in [0, 0.05) is 22.5 Å². The van der Waals surface area contributed by atoms with Crippen molar-refractivity contribution < 1.29 is 9.53 Å². The van der Waals surface area contributed by atoms with Crippen molar-refractivity contribution in [2.45, 2.75) is 4.90 Å². The van der Waals surface area contributed by atoms with Crippen molar-refractivity contribution in [3.8, 4) is 5.75 Å². The number of para-hydroxylation sites is 1. The second kappa shape index (κ2) is 8.69. The van der Waals surface area contributed by atoms with Crippen LogP contribution in [-0.4, -0.2) is 25.2 Å². The van der Waals surface area contributed by atoms with E-state index >= 15 is 0 Å². The Bertz CT molecular complexity index is 1260. The van der Waals surface area contributed by atoms with Crippen molar-refractivity contribution in [1.29, 1.82) is 0 Å². The van der Waals surface area contributed by atoms with Gasteiger partial charge in [-0.15, -0.1) is 0 Å². The molecule has 1 saturated heterocycles. The van der Waals surface area contributed by atoms with Crippen LogP contribution in [0, 0.1) is 0 Å². The summed E-state index contributed by atoms with van der Waals surface area (Å²) in [5.74, 6) is 0.711. The van der Waals surface area contributed by atoms with Gasteiger partial charge in [0.25, 0.3) is 5.91 Å². The number of hydrogen-bond donors (Lipinski definition) is 0. The topological polar surface area (TPSA) is 45.1 Å². The molecule has 2 heterocycles. The first-order chi connectivity index (χ1) is 15.5. The molecule has 1 amide bonds. The van der Waals surface area contributed by atoms with Crippen molar-refractivity contribution in [2.24, 2.45) is 4.99 Å². The molecule has 0 aliphatic carbocycles. The summed E-state index contributed by atoms with van der Waals surface area (Å²) in [5.41, 5.74) is 2.60. The van der Waals surface area contributed by atoms with Crippen molar-refractivity contribution in [3.05, 3.63) is 87.2 Å². The predicted molar refractivity (Wildman–Crippen MR) is 137 cm³/mol. The van der Waals surface area contributed by atoms with E-state index in [9.17, 15) is 4.79 Å². The number of nitrogens with zero attached hydrogens (tertiary/aromatic N) is 3. The van der Waals surface area contributed by atoms with Gasteiger partial charge < -0.3 is 9.64 Å². The van der Waals surface area contributed by atoms with Gasteiger partial charge in [-0.05, 0) is 60.3 Å². The number of carbonyl (C=O) groups excluding carboxylic acids is 1.